The Morgan fingerprint density at radius 1 is 1.33 bits per heavy atom. The van der Waals surface area contributed by atoms with Crippen molar-refractivity contribution in [2.45, 2.75) is 24.5 Å². The van der Waals surface area contributed by atoms with Gasteiger partial charge in [-0.25, -0.2) is 0 Å². The van der Waals surface area contributed by atoms with E-state index < -0.39 is 0 Å². The molecular formula is C16H22N4S. The maximum absolute atomic E-state index is 4.69. The first kappa shape index (κ1) is 14.6. The van der Waals surface area contributed by atoms with Crippen molar-refractivity contribution >= 4 is 11.8 Å². The fourth-order valence-corrected chi connectivity index (χ4v) is 3.51. The molecule has 0 fully saturated rings. The van der Waals surface area contributed by atoms with Gasteiger partial charge in [0.25, 0.3) is 0 Å². The summed E-state index contributed by atoms with van der Waals surface area (Å²) in [5.41, 5.74) is 2.49. The van der Waals surface area contributed by atoms with Crippen molar-refractivity contribution in [3.8, 4) is 0 Å². The first-order chi connectivity index (χ1) is 10.3. The van der Waals surface area contributed by atoms with Crippen LogP contribution in [-0.4, -0.2) is 40.6 Å². The highest BCUT2D eigenvalue weighted by molar-refractivity contribution is 7.99. The van der Waals surface area contributed by atoms with Crippen LogP contribution in [0.3, 0.4) is 0 Å². The van der Waals surface area contributed by atoms with Crippen LogP contribution in [0.1, 0.15) is 11.4 Å². The van der Waals surface area contributed by atoms with Gasteiger partial charge < -0.3 is 5.32 Å². The summed E-state index contributed by atoms with van der Waals surface area (Å²) in [5.74, 6) is 1.11. The molecule has 0 aliphatic carbocycles. The molecule has 2 heterocycles. The van der Waals surface area contributed by atoms with Crippen LogP contribution in [0.5, 0.6) is 0 Å². The molecular weight excluding hydrogens is 280 g/mol. The van der Waals surface area contributed by atoms with Gasteiger partial charge in [-0.1, -0.05) is 18.2 Å². The highest BCUT2D eigenvalue weighted by Crippen LogP contribution is 2.17. The molecule has 2 aromatic rings. The quantitative estimate of drug-likeness (QED) is 0.830. The second kappa shape index (κ2) is 7.11. The number of rotatable bonds is 6. The average Bonchev–Trinajstić information content (AvgIpc) is 2.90. The Bertz CT molecular complexity index is 543. The van der Waals surface area contributed by atoms with Gasteiger partial charge in [-0.05, 0) is 25.2 Å². The molecule has 0 saturated heterocycles. The van der Waals surface area contributed by atoms with Crippen LogP contribution in [-0.2, 0) is 19.6 Å². The van der Waals surface area contributed by atoms with Crippen LogP contribution < -0.4 is 5.32 Å². The maximum atomic E-state index is 4.69. The lowest BCUT2D eigenvalue weighted by Crippen LogP contribution is -2.28. The predicted octanol–water partition coefficient (Wildman–Crippen LogP) is 2.21. The Balaban J connectivity index is 1.45. The van der Waals surface area contributed by atoms with Gasteiger partial charge in [-0.15, -0.1) is 11.8 Å². The van der Waals surface area contributed by atoms with E-state index in [2.05, 4.69) is 63.4 Å². The first-order valence-corrected chi connectivity index (χ1v) is 8.42. The van der Waals surface area contributed by atoms with Crippen molar-refractivity contribution in [2.75, 3.05) is 25.9 Å². The number of hydrogen-bond acceptors (Lipinski definition) is 4. The van der Waals surface area contributed by atoms with Crippen LogP contribution >= 0.6 is 11.8 Å². The van der Waals surface area contributed by atoms with Crippen LogP contribution in [0.15, 0.2) is 41.3 Å². The minimum atomic E-state index is 0.926. The van der Waals surface area contributed by atoms with E-state index in [1.165, 1.54) is 16.3 Å². The maximum Gasteiger partial charge on any atom is 0.0768 e. The second-order valence-corrected chi connectivity index (χ2v) is 6.59. The van der Waals surface area contributed by atoms with Crippen molar-refractivity contribution < 1.29 is 0 Å². The third kappa shape index (κ3) is 4.09. The Kier molecular flexibility index (Phi) is 4.95. The van der Waals surface area contributed by atoms with Gasteiger partial charge in [0.2, 0.25) is 0 Å². The molecule has 1 aromatic heterocycles. The summed E-state index contributed by atoms with van der Waals surface area (Å²) in [7, 11) is 2.17. The molecule has 21 heavy (non-hydrogen) atoms. The van der Waals surface area contributed by atoms with Crippen LogP contribution in [0.4, 0.5) is 0 Å². The molecule has 112 valence electrons. The summed E-state index contributed by atoms with van der Waals surface area (Å²) >= 11 is 1.91. The largest absolute Gasteiger partial charge is 0.309 e. The fraction of sp³-hybridized carbons (Fsp3) is 0.438. The number of aromatic nitrogens is 2. The van der Waals surface area contributed by atoms with E-state index in [0.717, 1.165) is 38.5 Å². The Labute approximate surface area is 130 Å². The predicted molar refractivity (Wildman–Crippen MR) is 87.4 cm³/mol. The van der Waals surface area contributed by atoms with Crippen molar-refractivity contribution in [3.63, 3.8) is 0 Å². The summed E-state index contributed by atoms with van der Waals surface area (Å²) in [6, 6.07) is 12.8. The summed E-state index contributed by atoms with van der Waals surface area (Å²) in [5, 5.41) is 8.07. The standard InChI is InChI=1S/C16H22N4S/c1-19(9-10-21-16-5-3-2-4-6-16)13-14-11-15-12-17-7-8-20(15)18-14/h2-6,11,17H,7-10,12-13H2,1H3. The number of nitrogens with zero attached hydrogens (tertiary/aromatic N) is 3. The van der Waals surface area contributed by atoms with Gasteiger partial charge in [-0.2, -0.15) is 5.10 Å². The van der Waals surface area contributed by atoms with E-state index in [9.17, 15) is 0 Å². The Hall–Kier alpha value is -1.30. The van der Waals surface area contributed by atoms with Gasteiger partial charge in [-0.3, -0.25) is 9.58 Å². The van der Waals surface area contributed by atoms with Gasteiger partial charge in [0.05, 0.1) is 17.9 Å². The number of thioether (sulfide) groups is 1. The highest BCUT2D eigenvalue weighted by atomic mass is 32.2. The van der Waals surface area contributed by atoms with E-state index in [1.807, 2.05) is 11.8 Å². The van der Waals surface area contributed by atoms with Gasteiger partial charge >= 0.3 is 0 Å². The van der Waals surface area contributed by atoms with E-state index >= 15 is 0 Å². The molecule has 1 aliphatic heterocycles. The molecule has 0 radical (unpaired) electrons. The van der Waals surface area contributed by atoms with Crippen LogP contribution in [0, 0.1) is 0 Å². The van der Waals surface area contributed by atoms with E-state index in [4.69, 9.17) is 0 Å². The molecule has 1 N–H and O–H groups in total. The zero-order valence-electron chi connectivity index (χ0n) is 12.5. The molecule has 5 heteroatoms. The zero-order valence-corrected chi connectivity index (χ0v) is 13.3. The Morgan fingerprint density at radius 3 is 3.00 bits per heavy atom. The number of hydrogen-bond donors (Lipinski definition) is 1. The number of nitrogens with one attached hydrogen (secondary N) is 1. The van der Waals surface area contributed by atoms with Crippen molar-refractivity contribution in [1.82, 2.24) is 20.0 Å². The lowest BCUT2D eigenvalue weighted by Gasteiger charge is -2.15. The molecule has 3 rings (SSSR count). The van der Waals surface area contributed by atoms with Crippen molar-refractivity contribution in [1.29, 1.82) is 0 Å². The SMILES string of the molecule is CN(CCSc1ccccc1)Cc1cc2n(n1)CCNC2. The molecule has 1 aromatic carbocycles. The monoisotopic (exact) mass is 302 g/mol. The molecule has 0 bridgehead atoms. The average molecular weight is 302 g/mol. The Morgan fingerprint density at radius 2 is 2.19 bits per heavy atom. The minimum absolute atomic E-state index is 0.926. The van der Waals surface area contributed by atoms with Crippen LogP contribution in [0.25, 0.3) is 0 Å². The van der Waals surface area contributed by atoms with Gasteiger partial charge in [0.15, 0.2) is 0 Å². The number of fused-ring (bicyclic) bond motifs is 1. The molecule has 4 nitrogen and oxygen atoms in total. The van der Waals surface area contributed by atoms with Crippen molar-refractivity contribution in [2.24, 2.45) is 0 Å². The van der Waals surface area contributed by atoms with Gasteiger partial charge in [0.1, 0.15) is 0 Å². The molecule has 0 unspecified atom stereocenters. The summed E-state index contributed by atoms with van der Waals surface area (Å²) < 4.78 is 2.14. The molecule has 0 atom stereocenters. The normalized spacial score (nSPS) is 14.4. The van der Waals surface area contributed by atoms with Crippen LogP contribution in [0.2, 0.25) is 0 Å². The van der Waals surface area contributed by atoms with E-state index in [-0.39, 0.29) is 0 Å². The lowest BCUT2D eigenvalue weighted by atomic mass is 10.3. The first-order valence-electron chi connectivity index (χ1n) is 7.44. The minimum Gasteiger partial charge on any atom is -0.309 e. The third-order valence-electron chi connectivity index (χ3n) is 3.64. The summed E-state index contributed by atoms with van der Waals surface area (Å²) in [6.07, 6.45) is 0. The summed E-state index contributed by atoms with van der Waals surface area (Å²) in [6.45, 7) is 4.95. The fourth-order valence-electron chi connectivity index (χ4n) is 2.52. The topological polar surface area (TPSA) is 33.1 Å². The summed E-state index contributed by atoms with van der Waals surface area (Å²) in [4.78, 5) is 3.69. The second-order valence-electron chi connectivity index (χ2n) is 5.43. The molecule has 1 aliphatic rings. The number of benzene rings is 1. The van der Waals surface area contributed by atoms with Crippen molar-refractivity contribution in [3.05, 3.63) is 47.8 Å². The lowest BCUT2D eigenvalue weighted by molar-refractivity contribution is 0.341. The van der Waals surface area contributed by atoms with E-state index in [0.29, 0.717) is 0 Å². The third-order valence-corrected chi connectivity index (χ3v) is 4.63. The highest BCUT2D eigenvalue weighted by Gasteiger charge is 2.12. The molecule has 0 spiro atoms. The van der Waals surface area contributed by atoms with E-state index in [1.54, 1.807) is 0 Å². The zero-order chi connectivity index (χ0) is 14.5. The molecule has 0 saturated carbocycles. The van der Waals surface area contributed by atoms with Gasteiger partial charge in [0, 0.05) is 36.8 Å². The molecule has 0 amide bonds. The smallest absolute Gasteiger partial charge is 0.0768 e.